The van der Waals surface area contributed by atoms with Crippen LogP contribution < -0.4 is 10.6 Å². The third kappa shape index (κ3) is 3.95. The summed E-state index contributed by atoms with van der Waals surface area (Å²) in [5.74, 6) is 0.481. The third-order valence-corrected chi connectivity index (χ3v) is 2.86. The summed E-state index contributed by atoms with van der Waals surface area (Å²) in [5.41, 5.74) is 5.38. The van der Waals surface area contributed by atoms with Gasteiger partial charge in [0.25, 0.3) is 6.43 Å². The molecule has 90 valence electrons. The van der Waals surface area contributed by atoms with Crippen LogP contribution in [0.5, 0.6) is 0 Å². The molecule has 2 N–H and O–H groups in total. The molecule has 0 atom stereocenters. The lowest BCUT2D eigenvalue weighted by Crippen LogP contribution is -2.34. The zero-order chi connectivity index (χ0) is 12.1. The van der Waals surface area contributed by atoms with E-state index in [1.165, 1.54) is 4.90 Å². The van der Waals surface area contributed by atoms with Crippen LogP contribution in [0.15, 0.2) is 21.2 Å². The standard InChI is InChI=1S/C9H11Br2F2N3/c10-6-3-7(11)9(15-4-6)16(2-1-14)5-8(12)13/h3-4,8H,1-2,5,14H2. The second-order valence-corrected chi connectivity index (χ2v) is 4.85. The lowest BCUT2D eigenvalue weighted by molar-refractivity contribution is 0.154. The van der Waals surface area contributed by atoms with Crippen LogP contribution in [0.4, 0.5) is 14.6 Å². The molecule has 0 aromatic carbocycles. The van der Waals surface area contributed by atoms with E-state index < -0.39 is 6.43 Å². The molecule has 1 heterocycles. The lowest BCUT2D eigenvalue weighted by atomic mass is 10.4. The van der Waals surface area contributed by atoms with Gasteiger partial charge in [0.2, 0.25) is 0 Å². The molecule has 7 heteroatoms. The average Bonchev–Trinajstić information content (AvgIpc) is 2.16. The van der Waals surface area contributed by atoms with Crippen LogP contribution in [0, 0.1) is 0 Å². The minimum Gasteiger partial charge on any atom is -0.349 e. The number of aromatic nitrogens is 1. The Kier molecular flexibility index (Phi) is 5.57. The number of halogens is 4. The number of hydrogen-bond acceptors (Lipinski definition) is 3. The fourth-order valence-electron chi connectivity index (χ4n) is 1.25. The van der Waals surface area contributed by atoms with Crippen molar-refractivity contribution in [2.75, 3.05) is 24.5 Å². The second-order valence-electron chi connectivity index (χ2n) is 3.08. The topological polar surface area (TPSA) is 42.1 Å². The van der Waals surface area contributed by atoms with E-state index in [2.05, 4.69) is 36.8 Å². The van der Waals surface area contributed by atoms with E-state index in [0.717, 1.165) is 4.47 Å². The first-order chi connectivity index (χ1) is 7.54. The number of nitrogens with two attached hydrogens (primary N) is 1. The summed E-state index contributed by atoms with van der Waals surface area (Å²) >= 11 is 6.54. The zero-order valence-corrected chi connectivity index (χ0v) is 11.5. The number of hydrogen-bond donors (Lipinski definition) is 1. The summed E-state index contributed by atoms with van der Waals surface area (Å²) in [6.07, 6.45) is -0.848. The van der Waals surface area contributed by atoms with Crippen molar-refractivity contribution in [3.63, 3.8) is 0 Å². The van der Waals surface area contributed by atoms with Crippen LogP contribution in [0.1, 0.15) is 0 Å². The summed E-state index contributed by atoms with van der Waals surface area (Å²) < 4.78 is 26.2. The highest BCUT2D eigenvalue weighted by molar-refractivity contribution is 9.11. The van der Waals surface area contributed by atoms with Crippen LogP contribution in [0.2, 0.25) is 0 Å². The lowest BCUT2D eigenvalue weighted by Gasteiger charge is -2.23. The van der Waals surface area contributed by atoms with Gasteiger partial charge >= 0.3 is 0 Å². The SMILES string of the molecule is NCCN(CC(F)F)c1ncc(Br)cc1Br. The van der Waals surface area contributed by atoms with Crippen molar-refractivity contribution in [2.24, 2.45) is 5.73 Å². The molecule has 1 aromatic heterocycles. The number of nitrogens with zero attached hydrogens (tertiary/aromatic N) is 2. The third-order valence-electron chi connectivity index (χ3n) is 1.85. The van der Waals surface area contributed by atoms with E-state index >= 15 is 0 Å². The van der Waals surface area contributed by atoms with Gasteiger partial charge in [0, 0.05) is 23.8 Å². The molecule has 3 nitrogen and oxygen atoms in total. The van der Waals surface area contributed by atoms with Gasteiger partial charge in [-0.15, -0.1) is 0 Å². The Hall–Kier alpha value is -0.270. The maximum atomic E-state index is 12.4. The Bertz CT molecular complexity index is 350. The summed E-state index contributed by atoms with van der Waals surface area (Å²) in [7, 11) is 0. The predicted octanol–water partition coefficient (Wildman–Crippen LogP) is 2.64. The van der Waals surface area contributed by atoms with Crippen molar-refractivity contribution >= 4 is 37.7 Å². The van der Waals surface area contributed by atoms with E-state index in [9.17, 15) is 8.78 Å². The van der Waals surface area contributed by atoms with E-state index in [4.69, 9.17) is 5.73 Å². The molecule has 0 aliphatic carbocycles. The minimum atomic E-state index is -2.41. The van der Waals surface area contributed by atoms with Gasteiger partial charge in [-0.3, -0.25) is 0 Å². The van der Waals surface area contributed by atoms with Gasteiger partial charge in [-0.05, 0) is 37.9 Å². The number of pyridine rings is 1. The second kappa shape index (κ2) is 6.46. The number of rotatable bonds is 5. The summed E-state index contributed by atoms with van der Waals surface area (Å²) in [6.45, 7) is 0.277. The van der Waals surface area contributed by atoms with Gasteiger partial charge in [-0.2, -0.15) is 0 Å². The highest BCUT2D eigenvalue weighted by atomic mass is 79.9. The molecular formula is C9H11Br2F2N3. The van der Waals surface area contributed by atoms with Crippen molar-refractivity contribution < 1.29 is 8.78 Å². The molecule has 16 heavy (non-hydrogen) atoms. The van der Waals surface area contributed by atoms with Gasteiger partial charge in [0.05, 0.1) is 11.0 Å². The first-order valence-electron chi connectivity index (χ1n) is 4.58. The van der Waals surface area contributed by atoms with Crippen molar-refractivity contribution in [2.45, 2.75) is 6.43 Å². The molecule has 0 bridgehead atoms. The van der Waals surface area contributed by atoms with Gasteiger partial charge in [0.15, 0.2) is 0 Å². The fourth-order valence-corrected chi connectivity index (χ4v) is 2.48. The Morgan fingerprint density at radius 3 is 2.62 bits per heavy atom. The highest BCUT2D eigenvalue weighted by Gasteiger charge is 2.15. The van der Waals surface area contributed by atoms with Crippen molar-refractivity contribution in [1.29, 1.82) is 0 Å². The fraction of sp³-hybridized carbons (Fsp3) is 0.444. The molecule has 0 radical (unpaired) electrons. The van der Waals surface area contributed by atoms with E-state index in [1.54, 1.807) is 12.3 Å². The predicted molar refractivity (Wildman–Crippen MR) is 66.9 cm³/mol. The first-order valence-corrected chi connectivity index (χ1v) is 6.17. The van der Waals surface area contributed by atoms with Gasteiger partial charge in [-0.1, -0.05) is 0 Å². The van der Waals surface area contributed by atoms with Crippen LogP contribution >= 0.6 is 31.9 Å². The van der Waals surface area contributed by atoms with E-state index in [0.29, 0.717) is 23.4 Å². The molecule has 0 amide bonds. The molecule has 0 saturated heterocycles. The summed E-state index contributed by atoms with van der Waals surface area (Å²) in [4.78, 5) is 5.55. The number of alkyl halides is 2. The Morgan fingerprint density at radius 1 is 1.44 bits per heavy atom. The van der Waals surface area contributed by atoms with Crippen molar-refractivity contribution in [1.82, 2.24) is 4.98 Å². The van der Waals surface area contributed by atoms with Gasteiger partial charge in [0.1, 0.15) is 5.82 Å². The van der Waals surface area contributed by atoms with Crippen LogP contribution in [0.3, 0.4) is 0 Å². The molecule has 0 aliphatic heterocycles. The minimum absolute atomic E-state index is 0.302. The highest BCUT2D eigenvalue weighted by Crippen LogP contribution is 2.26. The molecule has 0 unspecified atom stereocenters. The summed E-state index contributed by atoms with van der Waals surface area (Å²) in [6, 6.07) is 1.76. The maximum Gasteiger partial charge on any atom is 0.255 e. The zero-order valence-electron chi connectivity index (χ0n) is 8.34. The van der Waals surface area contributed by atoms with E-state index in [-0.39, 0.29) is 6.54 Å². The van der Waals surface area contributed by atoms with Crippen LogP contribution in [0.25, 0.3) is 0 Å². The Morgan fingerprint density at radius 2 is 2.12 bits per heavy atom. The Balaban J connectivity index is 2.91. The number of anilines is 1. The molecule has 0 saturated carbocycles. The maximum absolute atomic E-state index is 12.4. The van der Waals surface area contributed by atoms with Gasteiger partial charge in [-0.25, -0.2) is 13.8 Å². The average molecular weight is 359 g/mol. The molecule has 0 fully saturated rings. The van der Waals surface area contributed by atoms with E-state index in [1.807, 2.05) is 0 Å². The normalized spacial score (nSPS) is 10.9. The molecular weight excluding hydrogens is 348 g/mol. The molecule has 0 spiro atoms. The molecule has 1 rings (SSSR count). The first kappa shape index (κ1) is 13.8. The van der Waals surface area contributed by atoms with Gasteiger partial charge < -0.3 is 10.6 Å². The molecule has 1 aromatic rings. The smallest absolute Gasteiger partial charge is 0.255 e. The van der Waals surface area contributed by atoms with Crippen molar-refractivity contribution in [3.05, 3.63) is 21.2 Å². The largest absolute Gasteiger partial charge is 0.349 e. The van der Waals surface area contributed by atoms with Crippen LogP contribution in [-0.2, 0) is 0 Å². The Labute approximate surface area is 109 Å². The monoisotopic (exact) mass is 357 g/mol. The van der Waals surface area contributed by atoms with Crippen LogP contribution in [-0.4, -0.2) is 31.0 Å². The quantitative estimate of drug-likeness (QED) is 0.879. The molecule has 0 aliphatic rings. The summed E-state index contributed by atoms with van der Waals surface area (Å²) in [5, 5.41) is 0. The van der Waals surface area contributed by atoms with Crippen molar-refractivity contribution in [3.8, 4) is 0 Å².